The van der Waals surface area contributed by atoms with Gasteiger partial charge in [-0.3, -0.25) is 4.90 Å². The Morgan fingerprint density at radius 1 is 1.14 bits per heavy atom. The molecule has 0 bridgehead atoms. The summed E-state index contributed by atoms with van der Waals surface area (Å²) in [5.74, 6) is 1.03. The lowest BCUT2D eigenvalue weighted by Gasteiger charge is -2.24. The van der Waals surface area contributed by atoms with Crippen LogP contribution in [0.1, 0.15) is 55.6 Å². The number of pyridine rings is 1. The van der Waals surface area contributed by atoms with Crippen molar-refractivity contribution in [1.29, 1.82) is 0 Å². The molecule has 22 heavy (non-hydrogen) atoms. The van der Waals surface area contributed by atoms with Crippen LogP contribution in [0.4, 0.5) is 0 Å². The molecular formula is C19H27N3. The first-order valence-electron chi connectivity index (χ1n) is 8.56. The van der Waals surface area contributed by atoms with Gasteiger partial charge in [0, 0.05) is 23.6 Å². The van der Waals surface area contributed by atoms with Crippen molar-refractivity contribution in [3.8, 4) is 5.82 Å². The van der Waals surface area contributed by atoms with Gasteiger partial charge < -0.3 is 4.57 Å². The topological polar surface area (TPSA) is 21.1 Å². The predicted octanol–water partition coefficient (Wildman–Crippen LogP) is 4.43. The lowest BCUT2D eigenvalue weighted by Crippen LogP contribution is -2.24. The second kappa shape index (κ2) is 6.66. The molecule has 1 saturated heterocycles. The van der Waals surface area contributed by atoms with Crippen LogP contribution in [0, 0.1) is 13.8 Å². The Morgan fingerprint density at radius 2 is 1.91 bits per heavy atom. The summed E-state index contributed by atoms with van der Waals surface area (Å²) in [7, 11) is 0. The number of hydrogen-bond acceptors (Lipinski definition) is 2. The Kier molecular flexibility index (Phi) is 4.63. The first-order valence-corrected chi connectivity index (χ1v) is 8.56. The maximum absolute atomic E-state index is 4.74. The van der Waals surface area contributed by atoms with Crippen molar-refractivity contribution in [2.24, 2.45) is 0 Å². The molecule has 2 aromatic heterocycles. The van der Waals surface area contributed by atoms with Gasteiger partial charge in [0.05, 0.1) is 0 Å². The SMILES string of the molecule is CCCCN1CCC[C@H]1c1ccc(-n2c(C)ccc2C)nc1. The summed E-state index contributed by atoms with van der Waals surface area (Å²) in [6, 6.07) is 9.31. The van der Waals surface area contributed by atoms with E-state index in [4.69, 9.17) is 4.98 Å². The molecule has 3 rings (SSSR count). The zero-order chi connectivity index (χ0) is 15.5. The van der Waals surface area contributed by atoms with Crippen LogP contribution >= 0.6 is 0 Å². The van der Waals surface area contributed by atoms with Crippen molar-refractivity contribution in [3.05, 3.63) is 47.4 Å². The number of nitrogens with zero attached hydrogens (tertiary/aromatic N) is 3. The van der Waals surface area contributed by atoms with E-state index in [0.29, 0.717) is 6.04 Å². The minimum atomic E-state index is 0.569. The molecule has 0 unspecified atom stereocenters. The van der Waals surface area contributed by atoms with E-state index in [-0.39, 0.29) is 0 Å². The highest BCUT2D eigenvalue weighted by molar-refractivity contribution is 5.33. The molecule has 1 atom stereocenters. The van der Waals surface area contributed by atoms with Crippen molar-refractivity contribution in [2.45, 2.75) is 52.5 Å². The molecule has 0 amide bonds. The van der Waals surface area contributed by atoms with E-state index in [1.165, 1.54) is 55.7 Å². The molecule has 0 N–H and O–H groups in total. The second-order valence-corrected chi connectivity index (χ2v) is 6.45. The minimum absolute atomic E-state index is 0.569. The minimum Gasteiger partial charge on any atom is -0.303 e. The van der Waals surface area contributed by atoms with Crippen LogP contribution in [0.25, 0.3) is 5.82 Å². The third kappa shape index (κ3) is 2.95. The fourth-order valence-corrected chi connectivity index (χ4v) is 3.59. The summed E-state index contributed by atoms with van der Waals surface area (Å²) < 4.78 is 2.22. The molecule has 3 heterocycles. The van der Waals surface area contributed by atoms with Crippen molar-refractivity contribution in [3.63, 3.8) is 0 Å². The van der Waals surface area contributed by atoms with Crippen LogP contribution in [-0.4, -0.2) is 27.5 Å². The summed E-state index contributed by atoms with van der Waals surface area (Å²) in [5.41, 5.74) is 3.85. The van der Waals surface area contributed by atoms with Gasteiger partial charge in [0.2, 0.25) is 0 Å². The summed E-state index contributed by atoms with van der Waals surface area (Å²) in [4.78, 5) is 7.37. The van der Waals surface area contributed by atoms with Crippen LogP contribution in [0.5, 0.6) is 0 Å². The van der Waals surface area contributed by atoms with Gasteiger partial charge in [0.1, 0.15) is 5.82 Å². The van der Waals surface area contributed by atoms with E-state index >= 15 is 0 Å². The fraction of sp³-hybridized carbons (Fsp3) is 0.526. The highest BCUT2D eigenvalue weighted by atomic mass is 15.2. The quantitative estimate of drug-likeness (QED) is 0.814. The van der Waals surface area contributed by atoms with Crippen molar-refractivity contribution in [1.82, 2.24) is 14.5 Å². The zero-order valence-electron chi connectivity index (χ0n) is 14.0. The van der Waals surface area contributed by atoms with Crippen molar-refractivity contribution >= 4 is 0 Å². The maximum Gasteiger partial charge on any atom is 0.136 e. The summed E-state index contributed by atoms with van der Waals surface area (Å²) >= 11 is 0. The Hall–Kier alpha value is -1.61. The summed E-state index contributed by atoms with van der Waals surface area (Å²) in [5, 5.41) is 0. The zero-order valence-corrected chi connectivity index (χ0v) is 14.0. The summed E-state index contributed by atoms with van der Waals surface area (Å²) in [6.45, 7) is 8.99. The van der Waals surface area contributed by atoms with Gasteiger partial charge in [-0.1, -0.05) is 19.4 Å². The third-order valence-electron chi connectivity index (χ3n) is 4.82. The number of rotatable bonds is 5. The van der Waals surface area contributed by atoms with Gasteiger partial charge in [-0.05, 0) is 70.0 Å². The van der Waals surface area contributed by atoms with Gasteiger partial charge >= 0.3 is 0 Å². The largest absolute Gasteiger partial charge is 0.303 e. The van der Waals surface area contributed by atoms with E-state index in [0.717, 1.165) is 5.82 Å². The molecule has 2 aromatic rings. The molecular weight excluding hydrogens is 270 g/mol. The fourth-order valence-electron chi connectivity index (χ4n) is 3.59. The van der Waals surface area contributed by atoms with Crippen LogP contribution in [0.3, 0.4) is 0 Å². The highest BCUT2D eigenvalue weighted by Crippen LogP contribution is 2.32. The van der Waals surface area contributed by atoms with Crippen LogP contribution in [0.15, 0.2) is 30.5 Å². The van der Waals surface area contributed by atoms with E-state index in [9.17, 15) is 0 Å². The van der Waals surface area contributed by atoms with E-state index in [1.807, 2.05) is 0 Å². The average Bonchev–Trinajstić information content (AvgIpc) is 3.12. The number of unbranched alkanes of at least 4 members (excludes halogenated alkanes) is 1. The molecule has 0 aromatic carbocycles. The van der Waals surface area contributed by atoms with E-state index in [1.54, 1.807) is 0 Å². The van der Waals surface area contributed by atoms with Gasteiger partial charge in [-0.25, -0.2) is 4.98 Å². The van der Waals surface area contributed by atoms with Crippen LogP contribution in [0.2, 0.25) is 0 Å². The molecule has 1 fully saturated rings. The lowest BCUT2D eigenvalue weighted by molar-refractivity contribution is 0.253. The molecule has 1 aliphatic rings. The second-order valence-electron chi connectivity index (χ2n) is 6.45. The van der Waals surface area contributed by atoms with Crippen LogP contribution in [-0.2, 0) is 0 Å². The molecule has 0 radical (unpaired) electrons. The summed E-state index contributed by atoms with van der Waals surface area (Å²) in [6.07, 6.45) is 7.23. The Labute approximate surface area is 134 Å². The molecule has 118 valence electrons. The van der Waals surface area contributed by atoms with Gasteiger partial charge in [-0.15, -0.1) is 0 Å². The molecule has 1 aliphatic heterocycles. The third-order valence-corrected chi connectivity index (χ3v) is 4.82. The molecule has 3 heteroatoms. The smallest absolute Gasteiger partial charge is 0.136 e. The Bertz CT molecular complexity index is 593. The van der Waals surface area contributed by atoms with Gasteiger partial charge in [-0.2, -0.15) is 0 Å². The predicted molar refractivity (Wildman–Crippen MR) is 91.5 cm³/mol. The van der Waals surface area contributed by atoms with Crippen molar-refractivity contribution in [2.75, 3.05) is 13.1 Å². The standard InChI is InChI=1S/C19H27N3/c1-4-5-12-21-13-6-7-18(21)17-10-11-19(20-14-17)22-15(2)8-9-16(22)3/h8-11,14,18H,4-7,12-13H2,1-3H3/t18-/m0/s1. The first kappa shape index (κ1) is 15.3. The Balaban J connectivity index is 1.79. The average molecular weight is 297 g/mol. The van der Waals surface area contributed by atoms with Gasteiger partial charge in [0.15, 0.2) is 0 Å². The lowest BCUT2D eigenvalue weighted by atomic mass is 10.1. The molecule has 0 aliphatic carbocycles. The molecule has 3 nitrogen and oxygen atoms in total. The number of hydrogen-bond donors (Lipinski definition) is 0. The number of likely N-dealkylation sites (tertiary alicyclic amines) is 1. The van der Waals surface area contributed by atoms with E-state index in [2.05, 4.69) is 60.7 Å². The van der Waals surface area contributed by atoms with Gasteiger partial charge in [0.25, 0.3) is 0 Å². The monoisotopic (exact) mass is 297 g/mol. The first-order chi connectivity index (χ1) is 10.7. The highest BCUT2D eigenvalue weighted by Gasteiger charge is 2.25. The molecule has 0 saturated carbocycles. The van der Waals surface area contributed by atoms with E-state index < -0.39 is 0 Å². The Morgan fingerprint density at radius 3 is 2.55 bits per heavy atom. The number of aromatic nitrogens is 2. The van der Waals surface area contributed by atoms with Crippen molar-refractivity contribution < 1.29 is 0 Å². The molecule has 0 spiro atoms. The number of aryl methyl sites for hydroxylation is 2. The normalized spacial score (nSPS) is 19.0. The maximum atomic E-state index is 4.74. The van der Waals surface area contributed by atoms with Crippen LogP contribution < -0.4 is 0 Å².